The van der Waals surface area contributed by atoms with E-state index in [1.807, 2.05) is 0 Å². The van der Waals surface area contributed by atoms with E-state index in [0.29, 0.717) is 61.1 Å². The lowest BCUT2D eigenvalue weighted by Gasteiger charge is -2.24. The molecule has 2 aromatic carbocycles. The minimum atomic E-state index is -0.595. The SMILES string of the molecule is O=c1c2ccc(C#Cc3ccccc3F)cc2nc2n1CCC1(CC2)OCCO1. The lowest BCUT2D eigenvalue weighted by atomic mass is 10.1. The molecule has 0 unspecified atom stereocenters. The fraction of sp³-hybridized carbons (Fsp3) is 0.304. The first-order valence-electron chi connectivity index (χ1n) is 9.72. The number of hydrogen-bond acceptors (Lipinski definition) is 4. The average molecular weight is 390 g/mol. The van der Waals surface area contributed by atoms with Crippen LogP contribution in [0.4, 0.5) is 4.39 Å². The van der Waals surface area contributed by atoms with E-state index in [2.05, 4.69) is 11.8 Å². The van der Waals surface area contributed by atoms with Gasteiger partial charge < -0.3 is 9.47 Å². The third-order valence-electron chi connectivity index (χ3n) is 5.51. The van der Waals surface area contributed by atoms with Crippen LogP contribution in [0.15, 0.2) is 47.3 Å². The number of halogens is 1. The zero-order valence-corrected chi connectivity index (χ0v) is 15.8. The zero-order chi connectivity index (χ0) is 19.8. The highest BCUT2D eigenvalue weighted by Crippen LogP contribution is 2.31. The molecule has 0 saturated carbocycles. The van der Waals surface area contributed by atoms with Gasteiger partial charge in [0, 0.05) is 31.4 Å². The normalized spacial score (nSPS) is 17.6. The standard InChI is InChI=1S/C23H19FN2O3/c24-19-4-2-1-3-17(19)7-5-16-6-8-18-20(15-16)25-21-9-10-23(28-13-14-29-23)11-12-26(21)22(18)27/h1-4,6,8,15H,9-14H2. The van der Waals surface area contributed by atoms with Gasteiger partial charge in [-0.2, -0.15) is 0 Å². The maximum atomic E-state index is 13.8. The van der Waals surface area contributed by atoms with Gasteiger partial charge in [-0.1, -0.05) is 24.0 Å². The Morgan fingerprint density at radius 2 is 1.90 bits per heavy atom. The first-order chi connectivity index (χ1) is 14.1. The summed E-state index contributed by atoms with van der Waals surface area (Å²) in [6.07, 6.45) is 1.92. The molecule has 2 aliphatic heterocycles. The Morgan fingerprint density at radius 3 is 2.72 bits per heavy atom. The van der Waals surface area contributed by atoms with Gasteiger partial charge in [-0.3, -0.25) is 9.36 Å². The van der Waals surface area contributed by atoms with E-state index in [-0.39, 0.29) is 11.4 Å². The molecule has 5 nitrogen and oxygen atoms in total. The van der Waals surface area contributed by atoms with Crippen molar-refractivity contribution in [2.24, 2.45) is 0 Å². The summed E-state index contributed by atoms with van der Waals surface area (Å²) in [4.78, 5) is 17.8. The number of fused-ring (bicyclic) bond motifs is 2. The Hall–Kier alpha value is -3.01. The van der Waals surface area contributed by atoms with Gasteiger partial charge in [-0.25, -0.2) is 9.37 Å². The van der Waals surface area contributed by atoms with Crippen molar-refractivity contribution in [3.8, 4) is 11.8 Å². The van der Waals surface area contributed by atoms with Crippen molar-refractivity contribution < 1.29 is 13.9 Å². The van der Waals surface area contributed by atoms with Gasteiger partial charge in [0.05, 0.1) is 29.7 Å². The second-order valence-electron chi connectivity index (χ2n) is 7.30. The first-order valence-corrected chi connectivity index (χ1v) is 9.72. The lowest BCUT2D eigenvalue weighted by molar-refractivity contribution is -0.165. The summed E-state index contributed by atoms with van der Waals surface area (Å²) >= 11 is 0. The molecule has 0 N–H and O–H groups in total. The van der Waals surface area contributed by atoms with Crippen LogP contribution >= 0.6 is 0 Å². The molecule has 3 heterocycles. The minimum absolute atomic E-state index is 0.0614. The van der Waals surface area contributed by atoms with Crippen molar-refractivity contribution >= 4 is 10.9 Å². The minimum Gasteiger partial charge on any atom is -0.347 e. The van der Waals surface area contributed by atoms with E-state index >= 15 is 0 Å². The van der Waals surface area contributed by atoms with E-state index in [9.17, 15) is 9.18 Å². The fourth-order valence-corrected chi connectivity index (χ4v) is 3.96. The maximum Gasteiger partial charge on any atom is 0.261 e. The number of rotatable bonds is 0. The van der Waals surface area contributed by atoms with Crippen molar-refractivity contribution in [1.82, 2.24) is 9.55 Å². The molecule has 0 aliphatic carbocycles. The highest BCUT2D eigenvalue weighted by Gasteiger charge is 2.38. The number of ether oxygens (including phenoxy) is 2. The Labute approximate surface area is 167 Å². The summed E-state index contributed by atoms with van der Waals surface area (Å²) in [5, 5.41) is 0.550. The lowest BCUT2D eigenvalue weighted by Crippen LogP contribution is -2.31. The molecule has 5 rings (SSSR count). The number of benzene rings is 2. The molecular formula is C23H19FN2O3. The van der Waals surface area contributed by atoms with Crippen LogP contribution in [0.3, 0.4) is 0 Å². The smallest absolute Gasteiger partial charge is 0.261 e. The fourth-order valence-electron chi connectivity index (χ4n) is 3.96. The van der Waals surface area contributed by atoms with Gasteiger partial charge in [-0.15, -0.1) is 0 Å². The molecule has 0 radical (unpaired) electrons. The third-order valence-corrected chi connectivity index (χ3v) is 5.51. The molecule has 146 valence electrons. The molecule has 1 fully saturated rings. The predicted molar refractivity (Wildman–Crippen MR) is 106 cm³/mol. The van der Waals surface area contributed by atoms with Crippen LogP contribution in [0.2, 0.25) is 0 Å². The van der Waals surface area contributed by atoms with Crippen LogP contribution in [0.25, 0.3) is 10.9 Å². The van der Waals surface area contributed by atoms with Crippen LogP contribution in [0.5, 0.6) is 0 Å². The highest BCUT2D eigenvalue weighted by molar-refractivity contribution is 5.79. The quantitative estimate of drug-likeness (QED) is 0.554. The van der Waals surface area contributed by atoms with E-state index in [1.165, 1.54) is 6.07 Å². The van der Waals surface area contributed by atoms with E-state index < -0.39 is 5.79 Å². The topological polar surface area (TPSA) is 53.4 Å². The summed E-state index contributed by atoms with van der Waals surface area (Å²) in [5.74, 6) is 5.60. The Morgan fingerprint density at radius 1 is 1.07 bits per heavy atom. The van der Waals surface area contributed by atoms with Crippen molar-refractivity contribution in [3.05, 3.63) is 75.6 Å². The van der Waals surface area contributed by atoms with E-state index in [4.69, 9.17) is 14.5 Å². The second-order valence-corrected chi connectivity index (χ2v) is 7.30. The van der Waals surface area contributed by atoms with E-state index in [0.717, 1.165) is 5.82 Å². The maximum absolute atomic E-state index is 13.8. The molecule has 1 aromatic heterocycles. The summed E-state index contributed by atoms with van der Waals surface area (Å²) in [6.45, 7) is 1.70. The van der Waals surface area contributed by atoms with Crippen LogP contribution in [-0.2, 0) is 22.4 Å². The molecule has 0 atom stereocenters. The van der Waals surface area contributed by atoms with Gasteiger partial charge in [0.25, 0.3) is 5.56 Å². The molecule has 0 bridgehead atoms. The van der Waals surface area contributed by atoms with E-state index in [1.54, 1.807) is 41.0 Å². The molecule has 3 aromatic rings. The first kappa shape index (κ1) is 18.0. The Bertz CT molecular complexity index is 1220. The number of hydrogen-bond donors (Lipinski definition) is 0. The average Bonchev–Trinajstić information content (AvgIpc) is 3.12. The summed E-state index contributed by atoms with van der Waals surface area (Å²) < 4.78 is 27.1. The van der Waals surface area contributed by atoms with Gasteiger partial charge in [0.2, 0.25) is 0 Å². The monoisotopic (exact) mass is 390 g/mol. The number of aromatic nitrogens is 2. The highest BCUT2D eigenvalue weighted by atomic mass is 19.1. The van der Waals surface area contributed by atoms with Crippen LogP contribution in [-0.4, -0.2) is 28.6 Å². The summed E-state index contributed by atoms with van der Waals surface area (Å²) in [7, 11) is 0. The van der Waals surface area contributed by atoms with Crippen LogP contribution in [0, 0.1) is 17.7 Å². The zero-order valence-electron chi connectivity index (χ0n) is 15.8. The molecule has 1 spiro atoms. The van der Waals surface area contributed by atoms with Gasteiger partial charge >= 0.3 is 0 Å². The largest absolute Gasteiger partial charge is 0.347 e. The van der Waals surface area contributed by atoms with Crippen molar-refractivity contribution in [1.29, 1.82) is 0 Å². The molecule has 6 heteroatoms. The van der Waals surface area contributed by atoms with Crippen molar-refractivity contribution in [2.75, 3.05) is 13.2 Å². The summed E-state index contributed by atoms with van der Waals surface area (Å²) in [6, 6.07) is 11.7. The molecule has 2 aliphatic rings. The molecule has 0 amide bonds. The van der Waals surface area contributed by atoms with Gasteiger partial charge in [-0.05, 0) is 30.3 Å². The van der Waals surface area contributed by atoms with Crippen molar-refractivity contribution in [3.63, 3.8) is 0 Å². The number of aryl methyl sites for hydroxylation is 1. The molecular weight excluding hydrogens is 371 g/mol. The van der Waals surface area contributed by atoms with Crippen LogP contribution < -0.4 is 5.56 Å². The molecule has 29 heavy (non-hydrogen) atoms. The van der Waals surface area contributed by atoms with Gasteiger partial charge in [0.15, 0.2) is 5.79 Å². The van der Waals surface area contributed by atoms with Crippen LogP contribution in [0.1, 0.15) is 29.8 Å². The third kappa shape index (κ3) is 3.33. The Kier molecular flexibility index (Phi) is 4.42. The summed E-state index contributed by atoms with van der Waals surface area (Å²) in [5.41, 5.74) is 1.56. The van der Waals surface area contributed by atoms with Crippen molar-refractivity contribution in [2.45, 2.75) is 31.6 Å². The predicted octanol–water partition coefficient (Wildman–Crippen LogP) is 3.01. The number of nitrogens with zero attached hydrogens (tertiary/aromatic N) is 2. The van der Waals surface area contributed by atoms with Gasteiger partial charge in [0.1, 0.15) is 11.6 Å². The second kappa shape index (κ2) is 7.11. The Balaban J connectivity index is 1.52. The molecule has 1 saturated heterocycles.